The highest BCUT2D eigenvalue weighted by molar-refractivity contribution is 6.37. The van der Waals surface area contributed by atoms with Crippen molar-refractivity contribution >= 4 is 82.2 Å². The van der Waals surface area contributed by atoms with Crippen LogP contribution in [0.5, 0.6) is 0 Å². The maximum absolute atomic E-state index is 2.46. The minimum Gasteiger partial charge on any atom is -0.311 e. The first-order chi connectivity index (χ1) is 25.3. The second kappa shape index (κ2) is 10.8. The molecule has 51 heavy (non-hydrogen) atoms. The van der Waals surface area contributed by atoms with E-state index in [2.05, 4.69) is 202 Å². The topological polar surface area (TPSA) is 13.1 Å². The van der Waals surface area contributed by atoms with Gasteiger partial charge in [-0.1, -0.05) is 103 Å². The van der Waals surface area contributed by atoms with Gasteiger partial charge in [-0.05, 0) is 106 Å². The van der Waals surface area contributed by atoms with Crippen LogP contribution in [-0.4, -0.2) is 9.13 Å². The molecule has 0 N–H and O–H groups in total. The predicted molar refractivity (Wildman–Crippen MR) is 216 cm³/mol. The molecule has 2 aromatic heterocycles. The maximum Gasteiger partial charge on any atom is 0.0547 e. The van der Waals surface area contributed by atoms with Crippen LogP contribution in [-0.2, 0) is 0 Å². The van der Waals surface area contributed by atoms with Crippen molar-refractivity contribution in [2.24, 2.45) is 0 Å². The number of hydrogen-bond acceptors (Lipinski definition) is 1. The smallest absolute Gasteiger partial charge is 0.0547 e. The molecule has 0 atom stereocenters. The van der Waals surface area contributed by atoms with E-state index in [-0.39, 0.29) is 0 Å². The normalized spacial score (nSPS) is 11.9. The molecule has 0 radical (unpaired) electrons. The van der Waals surface area contributed by atoms with Gasteiger partial charge in [-0.25, -0.2) is 0 Å². The molecule has 0 bridgehead atoms. The van der Waals surface area contributed by atoms with E-state index in [0.717, 1.165) is 22.7 Å². The zero-order valence-electron chi connectivity index (χ0n) is 27.7. The molecule has 3 nitrogen and oxygen atoms in total. The minimum atomic E-state index is 1.12. The van der Waals surface area contributed by atoms with Crippen molar-refractivity contribution in [3.63, 3.8) is 0 Å². The largest absolute Gasteiger partial charge is 0.311 e. The first-order valence-corrected chi connectivity index (χ1v) is 17.5. The van der Waals surface area contributed by atoms with Crippen molar-refractivity contribution in [1.29, 1.82) is 0 Å². The van der Waals surface area contributed by atoms with Crippen LogP contribution in [0.1, 0.15) is 0 Å². The van der Waals surface area contributed by atoms with Crippen LogP contribution in [0.25, 0.3) is 76.5 Å². The van der Waals surface area contributed by atoms with Gasteiger partial charge in [0.05, 0.1) is 22.1 Å². The van der Waals surface area contributed by atoms with Crippen LogP contribution in [0.2, 0.25) is 0 Å². The minimum absolute atomic E-state index is 1.12. The number of anilines is 3. The van der Waals surface area contributed by atoms with E-state index in [1.807, 2.05) is 0 Å². The fraction of sp³-hybridized carbons (Fsp3) is 0. The molecule has 238 valence electrons. The van der Waals surface area contributed by atoms with Gasteiger partial charge < -0.3 is 14.0 Å². The van der Waals surface area contributed by atoms with Crippen molar-refractivity contribution in [2.75, 3.05) is 4.90 Å². The highest BCUT2D eigenvalue weighted by Crippen LogP contribution is 2.46. The summed E-state index contributed by atoms with van der Waals surface area (Å²) < 4.78 is 4.89. The summed E-state index contributed by atoms with van der Waals surface area (Å²) in [5.41, 5.74) is 10.6. The van der Waals surface area contributed by atoms with Crippen molar-refractivity contribution < 1.29 is 0 Å². The van der Waals surface area contributed by atoms with Crippen molar-refractivity contribution in [1.82, 2.24) is 9.13 Å². The molecule has 0 aliphatic rings. The van der Waals surface area contributed by atoms with E-state index in [0.29, 0.717) is 0 Å². The third kappa shape index (κ3) is 4.00. The summed E-state index contributed by atoms with van der Waals surface area (Å²) in [6.45, 7) is 0. The summed E-state index contributed by atoms with van der Waals surface area (Å²) in [6, 6.07) is 68.3. The quantitative estimate of drug-likeness (QED) is 0.181. The van der Waals surface area contributed by atoms with E-state index in [4.69, 9.17) is 0 Å². The van der Waals surface area contributed by atoms with Crippen LogP contribution in [0.3, 0.4) is 0 Å². The van der Waals surface area contributed by atoms with E-state index in [1.165, 1.54) is 70.8 Å². The molecule has 0 aliphatic carbocycles. The molecule has 3 heteroatoms. The Hall–Kier alpha value is -6.84. The first kappa shape index (κ1) is 28.0. The summed E-state index contributed by atoms with van der Waals surface area (Å²) in [7, 11) is 0. The number of rotatable bonds is 5. The summed E-state index contributed by atoms with van der Waals surface area (Å²) in [6.07, 6.45) is 0. The summed E-state index contributed by atoms with van der Waals surface area (Å²) in [5.74, 6) is 0. The third-order valence-corrected chi connectivity index (χ3v) is 10.6. The van der Waals surface area contributed by atoms with Gasteiger partial charge in [-0.3, -0.25) is 0 Å². The van der Waals surface area contributed by atoms with Gasteiger partial charge in [0, 0.05) is 50.0 Å². The van der Waals surface area contributed by atoms with Gasteiger partial charge in [-0.2, -0.15) is 0 Å². The van der Waals surface area contributed by atoms with Crippen molar-refractivity contribution in [3.8, 4) is 11.4 Å². The van der Waals surface area contributed by atoms with Gasteiger partial charge in [0.1, 0.15) is 0 Å². The van der Waals surface area contributed by atoms with E-state index >= 15 is 0 Å². The number of hydrogen-bond donors (Lipinski definition) is 0. The van der Waals surface area contributed by atoms with Gasteiger partial charge in [0.15, 0.2) is 0 Å². The van der Waals surface area contributed by atoms with Gasteiger partial charge in [0.2, 0.25) is 0 Å². The molecule has 9 aromatic carbocycles. The van der Waals surface area contributed by atoms with Crippen molar-refractivity contribution in [2.45, 2.75) is 0 Å². The standard InChI is InChI=1S/C48H31N3/c1-4-14-32(15-5-1)49(33-16-6-2-7-17-33)35-28-30-36(31-29-35)51-43-26-12-22-39-37-20-10-24-41-45(37)46-38(40-23-13-27-44(51)48(40)47(39)43)21-11-25-42(46)50(41)34-18-8-3-9-19-34/h1-31H. The Kier molecular flexibility index (Phi) is 5.96. The van der Waals surface area contributed by atoms with E-state index < -0.39 is 0 Å². The third-order valence-electron chi connectivity index (χ3n) is 10.6. The Balaban J connectivity index is 1.21. The molecule has 0 saturated carbocycles. The molecule has 0 fully saturated rings. The number of aromatic nitrogens is 2. The van der Waals surface area contributed by atoms with E-state index in [1.54, 1.807) is 0 Å². The average molecular weight is 650 g/mol. The van der Waals surface area contributed by atoms with Crippen LogP contribution in [0.4, 0.5) is 17.1 Å². The maximum atomic E-state index is 2.46. The Morgan fingerprint density at radius 1 is 0.255 bits per heavy atom. The van der Waals surface area contributed by atoms with Crippen LogP contribution >= 0.6 is 0 Å². The number of nitrogens with zero attached hydrogens (tertiary/aromatic N) is 3. The highest BCUT2D eigenvalue weighted by atomic mass is 15.1. The number of para-hydroxylation sites is 3. The predicted octanol–water partition coefficient (Wildman–Crippen LogP) is 13.1. The van der Waals surface area contributed by atoms with E-state index in [9.17, 15) is 0 Å². The highest BCUT2D eigenvalue weighted by Gasteiger charge is 2.22. The van der Waals surface area contributed by atoms with Crippen LogP contribution in [0.15, 0.2) is 188 Å². The molecule has 11 aromatic rings. The lowest BCUT2D eigenvalue weighted by Crippen LogP contribution is -2.09. The summed E-state index contributed by atoms with van der Waals surface area (Å²) >= 11 is 0. The second-order valence-corrected chi connectivity index (χ2v) is 13.3. The molecule has 11 rings (SSSR count). The zero-order chi connectivity index (χ0) is 33.5. The molecule has 0 amide bonds. The summed E-state index contributed by atoms with van der Waals surface area (Å²) in [5, 5.41) is 10.3. The van der Waals surface area contributed by atoms with Gasteiger partial charge in [-0.15, -0.1) is 0 Å². The average Bonchev–Trinajstić information content (AvgIpc) is 3.73. The first-order valence-electron chi connectivity index (χ1n) is 17.5. The number of benzene rings is 8. The lowest BCUT2D eigenvalue weighted by molar-refractivity contribution is 1.17. The fourth-order valence-electron chi connectivity index (χ4n) is 8.60. The van der Waals surface area contributed by atoms with Crippen molar-refractivity contribution in [3.05, 3.63) is 188 Å². The zero-order valence-corrected chi connectivity index (χ0v) is 27.7. The van der Waals surface area contributed by atoms with Crippen LogP contribution in [0, 0.1) is 0 Å². The molecular formula is C48H31N3. The van der Waals surface area contributed by atoms with Crippen LogP contribution < -0.4 is 4.90 Å². The molecule has 0 saturated heterocycles. The fourth-order valence-corrected chi connectivity index (χ4v) is 8.60. The summed E-state index contributed by atoms with van der Waals surface area (Å²) in [4.78, 5) is 2.31. The number of fused-ring (bicyclic) bond motifs is 2. The monoisotopic (exact) mass is 649 g/mol. The lowest BCUT2D eigenvalue weighted by atomic mass is 9.95. The van der Waals surface area contributed by atoms with Gasteiger partial charge >= 0.3 is 0 Å². The Bertz CT molecular complexity index is 2880. The molecular weight excluding hydrogens is 619 g/mol. The molecule has 2 heterocycles. The molecule has 0 spiro atoms. The Morgan fingerprint density at radius 3 is 0.941 bits per heavy atom. The Morgan fingerprint density at radius 2 is 0.569 bits per heavy atom. The molecule has 0 aliphatic heterocycles. The second-order valence-electron chi connectivity index (χ2n) is 13.3. The Labute approximate surface area is 294 Å². The SMILES string of the molecule is c1ccc(N(c2ccccc2)c2ccc(-n3c4cccc5c6cccc7c6c6c(cccc6n7-c6ccccc6)c6cccc3c6c54)cc2)cc1. The lowest BCUT2D eigenvalue weighted by Gasteiger charge is -2.25. The molecule has 0 unspecified atom stereocenters. The van der Waals surface area contributed by atoms with Gasteiger partial charge in [0.25, 0.3) is 0 Å².